The predicted octanol–water partition coefficient (Wildman–Crippen LogP) is 7.34. The van der Waals surface area contributed by atoms with Gasteiger partial charge < -0.3 is 76.9 Å². The molecule has 3 heterocycles. The summed E-state index contributed by atoms with van der Waals surface area (Å²) in [6, 6.07) is 10.1. The number of benzene rings is 1. The number of carbonyl (C=O) groups is 3. The van der Waals surface area contributed by atoms with Crippen LogP contribution >= 0.6 is 0 Å². The van der Waals surface area contributed by atoms with Crippen LogP contribution in [0.3, 0.4) is 0 Å². The van der Waals surface area contributed by atoms with Gasteiger partial charge in [0, 0.05) is 97.8 Å². The van der Waals surface area contributed by atoms with Crippen molar-refractivity contribution in [2.75, 3.05) is 250 Å². The van der Waals surface area contributed by atoms with Crippen molar-refractivity contribution in [1.29, 1.82) is 0 Å². The molecular formula is C69H126N6O15. The fourth-order valence-corrected chi connectivity index (χ4v) is 11.0. The van der Waals surface area contributed by atoms with Crippen molar-refractivity contribution in [3.63, 3.8) is 0 Å². The van der Waals surface area contributed by atoms with E-state index in [0.717, 1.165) is 96.4 Å². The SMILES string of the molecule is O=C(CCCCCCCCCCCN1CCOCCOCCNCCOCCOCC1)N1CCOCCOCCN(CCCCCCCCCCCC(=O)N2CCOCCOCCN(C(=O)CCc3ccccc3)CCOCCOCC2)CCOCCOCC1. The Balaban J connectivity index is 0.953. The first kappa shape index (κ1) is 79.5. The summed E-state index contributed by atoms with van der Waals surface area (Å²) in [5, 5.41) is 3.32. The van der Waals surface area contributed by atoms with Gasteiger partial charge in [-0.1, -0.05) is 120 Å². The maximum atomic E-state index is 13.3. The molecule has 3 saturated heterocycles. The Kier molecular flexibility index (Phi) is 52.8. The predicted molar refractivity (Wildman–Crippen MR) is 352 cm³/mol. The van der Waals surface area contributed by atoms with Crippen LogP contribution in [0, 0.1) is 0 Å². The molecule has 0 unspecified atom stereocenters. The second-order valence-corrected chi connectivity index (χ2v) is 23.8. The van der Waals surface area contributed by atoms with Gasteiger partial charge in [0.05, 0.1) is 159 Å². The van der Waals surface area contributed by atoms with Crippen LogP contribution in [0.5, 0.6) is 0 Å². The van der Waals surface area contributed by atoms with Gasteiger partial charge in [-0.15, -0.1) is 0 Å². The summed E-state index contributed by atoms with van der Waals surface area (Å²) in [7, 11) is 0. The van der Waals surface area contributed by atoms with Gasteiger partial charge in [0.1, 0.15) is 0 Å². The van der Waals surface area contributed by atoms with Gasteiger partial charge >= 0.3 is 0 Å². The third kappa shape index (κ3) is 46.2. The van der Waals surface area contributed by atoms with E-state index in [1.54, 1.807) is 0 Å². The van der Waals surface area contributed by atoms with Crippen LogP contribution in [-0.4, -0.2) is 292 Å². The zero-order chi connectivity index (χ0) is 63.4. The highest BCUT2D eigenvalue weighted by atomic mass is 16.5. The lowest BCUT2D eigenvalue weighted by Gasteiger charge is -2.24. The molecule has 1 aromatic carbocycles. The molecule has 1 aromatic rings. The van der Waals surface area contributed by atoms with Gasteiger partial charge in [0.25, 0.3) is 0 Å². The molecule has 3 amide bonds. The monoisotopic (exact) mass is 1280 g/mol. The summed E-state index contributed by atoms with van der Waals surface area (Å²) in [5.41, 5.74) is 1.15. The molecule has 522 valence electrons. The second-order valence-electron chi connectivity index (χ2n) is 23.8. The molecule has 0 aromatic heterocycles. The average Bonchev–Trinajstić information content (AvgIpc) is 3.75. The van der Waals surface area contributed by atoms with Crippen molar-refractivity contribution in [3.05, 3.63) is 35.9 Å². The molecule has 90 heavy (non-hydrogen) atoms. The average molecular weight is 1280 g/mol. The molecule has 21 nitrogen and oxygen atoms in total. The number of carbonyl (C=O) groups excluding carboxylic acids is 3. The van der Waals surface area contributed by atoms with E-state index in [9.17, 15) is 14.4 Å². The third-order valence-electron chi connectivity index (χ3n) is 16.6. The first-order valence-corrected chi connectivity index (χ1v) is 35.5. The van der Waals surface area contributed by atoms with Crippen LogP contribution in [0.2, 0.25) is 0 Å². The van der Waals surface area contributed by atoms with Crippen molar-refractivity contribution in [3.8, 4) is 0 Å². The molecule has 0 spiro atoms. The first-order chi connectivity index (χ1) is 44.6. The van der Waals surface area contributed by atoms with Crippen molar-refractivity contribution < 1.29 is 71.2 Å². The van der Waals surface area contributed by atoms with E-state index in [0.29, 0.717) is 224 Å². The summed E-state index contributed by atoms with van der Waals surface area (Å²) in [5.74, 6) is 0.429. The van der Waals surface area contributed by atoms with Crippen molar-refractivity contribution >= 4 is 17.7 Å². The number of ether oxygens (including phenoxy) is 12. The molecule has 4 rings (SSSR count). The highest BCUT2D eigenvalue weighted by Gasteiger charge is 2.18. The molecule has 21 heteroatoms. The van der Waals surface area contributed by atoms with E-state index in [2.05, 4.69) is 15.1 Å². The Morgan fingerprint density at radius 1 is 0.278 bits per heavy atom. The Morgan fingerprint density at radius 2 is 0.522 bits per heavy atom. The zero-order valence-corrected chi connectivity index (χ0v) is 56.2. The number of hydrogen-bond donors (Lipinski definition) is 1. The summed E-state index contributed by atoms with van der Waals surface area (Å²) in [6.07, 6.45) is 23.2. The number of unbranched alkanes of at least 4 members (excludes halogenated alkanes) is 16. The minimum absolute atomic E-state index is 0.0944. The molecule has 3 aliphatic heterocycles. The van der Waals surface area contributed by atoms with Gasteiger partial charge in [-0.3, -0.25) is 24.2 Å². The maximum Gasteiger partial charge on any atom is 0.223 e. The van der Waals surface area contributed by atoms with E-state index in [4.69, 9.17) is 56.8 Å². The molecule has 0 aliphatic carbocycles. The van der Waals surface area contributed by atoms with Gasteiger partial charge in [0.2, 0.25) is 17.7 Å². The van der Waals surface area contributed by atoms with Crippen LogP contribution in [-0.2, 0) is 77.6 Å². The van der Waals surface area contributed by atoms with E-state index in [1.165, 1.54) is 77.0 Å². The van der Waals surface area contributed by atoms with Crippen LogP contribution in [0.15, 0.2) is 30.3 Å². The topological polar surface area (TPSA) is 190 Å². The minimum atomic E-state index is 0.0944. The molecule has 0 saturated carbocycles. The third-order valence-corrected chi connectivity index (χ3v) is 16.6. The zero-order valence-electron chi connectivity index (χ0n) is 56.2. The quantitative estimate of drug-likeness (QED) is 0.0861. The lowest BCUT2D eigenvalue weighted by Crippen LogP contribution is -2.38. The molecule has 0 atom stereocenters. The number of amides is 3. The lowest BCUT2D eigenvalue weighted by molar-refractivity contribution is -0.134. The summed E-state index contributed by atoms with van der Waals surface area (Å²) >= 11 is 0. The van der Waals surface area contributed by atoms with Crippen molar-refractivity contribution in [2.24, 2.45) is 0 Å². The van der Waals surface area contributed by atoms with Gasteiger partial charge in [-0.2, -0.15) is 0 Å². The number of hydrogen-bond acceptors (Lipinski definition) is 18. The van der Waals surface area contributed by atoms with Crippen LogP contribution < -0.4 is 5.32 Å². The standard InChI is InChI=1S/C69H126N6O15/c76-67(24-18-11-7-3-1-5-9-13-20-30-71-32-44-81-56-54-79-42-28-70-29-43-80-55-57-82-45-33-71)73-36-48-85-60-58-83-46-34-72(35-47-84-59-61-86-49-37-73)31-21-14-10-6-2-4-8-12-19-25-68(77)74-38-50-87-62-64-89-52-40-75(41-53-90-65-63-88-51-39-74)69(78)27-26-66-22-16-15-17-23-66/h15-17,22-23,70H,1-14,18-21,24-65H2. The molecule has 3 aliphatic rings. The Morgan fingerprint density at radius 3 is 0.822 bits per heavy atom. The summed E-state index contributed by atoms with van der Waals surface area (Å²) in [6.45, 7) is 23.6. The lowest BCUT2D eigenvalue weighted by atomic mass is 10.1. The summed E-state index contributed by atoms with van der Waals surface area (Å²) < 4.78 is 70.3. The normalized spacial score (nSPS) is 20.0. The minimum Gasteiger partial charge on any atom is -0.378 e. The molecule has 0 bridgehead atoms. The van der Waals surface area contributed by atoms with Crippen molar-refractivity contribution in [1.82, 2.24) is 29.8 Å². The van der Waals surface area contributed by atoms with E-state index < -0.39 is 0 Å². The highest BCUT2D eigenvalue weighted by molar-refractivity contribution is 5.77. The molecular weight excluding hydrogens is 1150 g/mol. The highest BCUT2D eigenvalue weighted by Crippen LogP contribution is 2.15. The number of nitrogens with zero attached hydrogens (tertiary/aromatic N) is 5. The van der Waals surface area contributed by atoms with Gasteiger partial charge in [-0.05, 0) is 50.8 Å². The smallest absolute Gasteiger partial charge is 0.223 e. The van der Waals surface area contributed by atoms with Crippen molar-refractivity contribution in [2.45, 2.75) is 141 Å². The number of rotatable bonds is 27. The van der Waals surface area contributed by atoms with Crippen LogP contribution in [0.1, 0.15) is 140 Å². The van der Waals surface area contributed by atoms with Crippen LogP contribution in [0.25, 0.3) is 0 Å². The summed E-state index contributed by atoms with van der Waals surface area (Å²) in [4.78, 5) is 50.2. The van der Waals surface area contributed by atoms with E-state index in [1.807, 2.05) is 45.0 Å². The van der Waals surface area contributed by atoms with Gasteiger partial charge in [0.15, 0.2) is 0 Å². The fraction of sp³-hybridized carbons (Fsp3) is 0.870. The first-order valence-electron chi connectivity index (χ1n) is 35.5. The fourth-order valence-electron chi connectivity index (χ4n) is 11.0. The number of nitrogens with one attached hydrogen (secondary N) is 1. The van der Waals surface area contributed by atoms with Crippen LogP contribution in [0.4, 0.5) is 0 Å². The van der Waals surface area contributed by atoms with Gasteiger partial charge in [-0.25, -0.2) is 0 Å². The number of aryl methyl sites for hydroxylation is 1. The molecule has 1 N–H and O–H groups in total. The maximum absolute atomic E-state index is 13.3. The van der Waals surface area contributed by atoms with E-state index >= 15 is 0 Å². The second kappa shape index (κ2) is 59.8. The Hall–Kier alpha value is -2.97. The molecule has 3 fully saturated rings. The Bertz CT molecular complexity index is 1730. The van der Waals surface area contributed by atoms with E-state index in [-0.39, 0.29) is 17.7 Å². The Labute approximate surface area is 544 Å². The largest absolute Gasteiger partial charge is 0.378 e. The molecule has 0 radical (unpaired) electrons.